The molecule has 4 N–H and O–H groups in total. The molecule has 29 heavy (non-hydrogen) atoms. The minimum Gasteiger partial charge on any atom is -0.368 e. The number of hydrogen-bond acceptors (Lipinski definition) is 4. The second kappa shape index (κ2) is 8.69. The molecule has 154 valence electrons. The fourth-order valence-electron chi connectivity index (χ4n) is 3.68. The summed E-state index contributed by atoms with van der Waals surface area (Å²) in [6.45, 7) is 3.42. The van der Waals surface area contributed by atoms with Gasteiger partial charge < -0.3 is 20.9 Å². The highest BCUT2D eigenvalue weighted by Crippen LogP contribution is 2.39. The lowest BCUT2D eigenvalue weighted by molar-refractivity contribution is 0.102. The van der Waals surface area contributed by atoms with E-state index < -0.39 is 11.7 Å². The summed E-state index contributed by atoms with van der Waals surface area (Å²) in [4.78, 5) is 22.4. The summed E-state index contributed by atoms with van der Waals surface area (Å²) < 4.78 is 15.0. The molecule has 1 atom stereocenters. The Balaban J connectivity index is 0.00000240. The van der Waals surface area contributed by atoms with Crippen LogP contribution in [0, 0.1) is 12.7 Å². The van der Waals surface area contributed by atoms with E-state index in [1.165, 1.54) is 12.1 Å². The summed E-state index contributed by atoms with van der Waals surface area (Å²) in [6.07, 6.45) is 5.41. The first-order valence-corrected chi connectivity index (χ1v) is 9.97. The molecule has 1 fully saturated rings. The molecule has 3 aromatic rings. The number of carbonyl (C=O) groups excluding carboxylic acids is 1. The van der Waals surface area contributed by atoms with Crippen molar-refractivity contribution >= 4 is 56.7 Å². The predicted octanol–water partition coefficient (Wildman–Crippen LogP) is 4.37. The standard InChI is InChI=1S/C20H21BrFN5O.ClH/c1-11-4-5-15(22)13(7-11)20(28)26-16-9-25-19-17(16)18(14(21)8-24-19)27-6-2-3-12(23)10-27;/h4-5,7-9,12H,2-3,6,10,23H2,1H3,(H,24,25)(H,26,28);1H. The second-order valence-electron chi connectivity index (χ2n) is 7.17. The predicted molar refractivity (Wildman–Crippen MR) is 120 cm³/mol. The van der Waals surface area contributed by atoms with Gasteiger partial charge in [0.1, 0.15) is 11.5 Å². The summed E-state index contributed by atoms with van der Waals surface area (Å²) >= 11 is 3.59. The average molecular weight is 483 g/mol. The lowest BCUT2D eigenvalue weighted by atomic mass is 10.1. The van der Waals surface area contributed by atoms with Crippen LogP contribution in [0.5, 0.6) is 0 Å². The molecule has 0 bridgehead atoms. The maximum absolute atomic E-state index is 14.1. The van der Waals surface area contributed by atoms with Crippen molar-refractivity contribution < 1.29 is 9.18 Å². The fraction of sp³-hybridized carbons (Fsp3) is 0.300. The number of aromatic amines is 1. The van der Waals surface area contributed by atoms with Crippen LogP contribution in [0.2, 0.25) is 0 Å². The number of aryl methyl sites for hydroxylation is 1. The highest BCUT2D eigenvalue weighted by molar-refractivity contribution is 9.10. The van der Waals surface area contributed by atoms with Gasteiger partial charge in [-0.05, 0) is 47.8 Å². The topological polar surface area (TPSA) is 87.0 Å². The number of aromatic nitrogens is 2. The Labute approximate surface area is 182 Å². The van der Waals surface area contributed by atoms with Crippen LogP contribution in [0.1, 0.15) is 28.8 Å². The summed E-state index contributed by atoms with van der Waals surface area (Å²) in [7, 11) is 0. The Kier molecular flexibility index (Phi) is 6.45. The lowest BCUT2D eigenvalue weighted by Crippen LogP contribution is -2.43. The molecule has 0 spiro atoms. The molecular weight excluding hydrogens is 461 g/mol. The molecule has 9 heteroatoms. The van der Waals surface area contributed by atoms with Crippen molar-refractivity contribution in [3.05, 3.63) is 52.0 Å². The number of pyridine rings is 1. The van der Waals surface area contributed by atoms with Gasteiger partial charge in [0.25, 0.3) is 5.91 Å². The van der Waals surface area contributed by atoms with Gasteiger partial charge in [0.05, 0.1) is 26.8 Å². The Morgan fingerprint density at radius 1 is 1.45 bits per heavy atom. The maximum Gasteiger partial charge on any atom is 0.258 e. The second-order valence-corrected chi connectivity index (χ2v) is 8.02. The molecule has 0 radical (unpaired) electrons. The van der Waals surface area contributed by atoms with Gasteiger partial charge in [0, 0.05) is 31.5 Å². The number of fused-ring (bicyclic) bond motifs is 1. The zero-order chi connectivity index (χ0) is 19.8. The van der Waals surface area contributed by atoms with Gasteiger partial charge in [-0.1, -0.05) is 11.6 Å². The number of hydrogen-bond donors (Lipinski definition) is 3. The van der Waals surface area contributed by atoms with Crippen molar-refractivity contribution in [2.45, 2.75) is 25.8 Å². The maximum atomic E-state index is 14.1. The Morgan fingerprint density at radius 3 is 3.00 bits per heavy atom. The van der Waals surface area contributed by atoms with Gasteiger partial charge in [-0.15, -0.1) is 12.4 Å². The third-order valence-corrected chi connectivity index (χ3v) is 5.60. The van der Waals surface area contributed by atoms with E-state index in [1.807, 2.05) is 6.92 Å². The van der Waals surface area contributed by atoms with Crippen molar-refractivity contribution in [2.24, 2.45) is 5.73 Å². The summed E-state index contributed by atoms with van der Waals surface area (Å²) in [6, 6.07) is 4.58. The number of nitrogens with two attached hydrogens (primary N) is 1. The zero-order valence-corrected chi connectivity index (χ0v) is 18.2. The van der Waals surface area contributed by atoms with Crippen LogP contribution in [0.25, 0.3) is 11.0 Å². The lowest BCUT2D eigenvalue weighted by Gasteiger charge is -2.33. The largest absolute Gasteiger partial charge is 0.368 e. The Morgan fingerprint density at radius 2 is 2.24 bits per heavy atom. The van der Waals surface area contributed by atoms with Crippen LogP contribution in [0.15, 0.2) is 35.1 Å². The molecule has 4 rings (SSSR count). The smallest absolute Gasteiger partial charge is 0.258 e. The highest BCUT2D eigenvalue weighted by Gasteiger charge is 2.24. The number of amides is 1. The number of H-pyrrole nitrogens is 1. The number of anilines is 2. The molecule has 1 aliphatic heterocycles. The van der Waals surface area contributed by atoms with Crippen molar-refractivity contribution in [3.63, 3.8) is 0 Å². The zero-order valence-electron chi connectivity index (χ0n) is 15.8. The van der Waals surface area contributed by atoms with Crippen LogP contribution < -0.4 is 16.0 Å². The average Bonchev–Trinajstić information content (AvgIpc) is 3.06. The normalized spacial score (nSPS) is 16.6. The van der Waals surface area contributed by atoms with E-state index in [-0.39, 0.29) is 24.0 Å². The third kappa shape index (κ3) is 4.24. The van der Waals surface area contributed by atoms with Crippen molar-refractivity contribution in [3.8, 4) is 0 Å². The first-order chi connectivity index (χ1) is 13.4. The number of halogens is 3. The number of piperidine rings is 1. The van der Waals surface area contributed by atoms with Crippen molar-refractivity contribution in [2.75, 3.05) is 23.3 Å². The monoisotopic (exact) mass is 481 g/mol. The first kappa shape index (κ1) is 21.5. The van der Waals surface area contributed by atoms with Gasteiger partial charge in [-0.2, -0.15) is 0 Å². The van der Waals surface area contributed by atoms with Gasteiger partial charge in [-0.3, -0.25) is 4.79 Å². The summed E-state index contributed by atoms with van der Waals surface area (Å²) in [5, 5.41) is 3.62. The molecule has 0 saturated carbocycles. The molecular formula is C20H22BrClFN5O. The minimum absolute atomic E-state index is 0. The van der Waals surface area contributed by atoms with Gasteiger partial charge in [0.2, 0.25) is 0 Å². The molecule has 1 amide bonds. The number of nitrogens with one attached hydrogen (secondary N) is 2. The Bertz CT molecular complexity index is 1060. The molecule has 1 unspecified atom stereocenters. The van der Waals surface area contributed by atoms with Crippen molar-refractivity contribution in [1.82, 2.24) is 9.97 Å². The minimum atomic E-state index is -0.551. The molecule has 6 nitrogen and oxygen atoms in total. The van der Waals surface area contributed by atoms with E-state index in [0.29, 0.717) is 11.3 Å². The van der Waals surface area contributed by atoms with Crippen molar-refractivity contribution in [1.29, 1.82) is 0 Å². The van der Waals surface area contributed by atoms with E-state index in [4.69, 9.17) is 5.73 Å². The molecule has 1 saturated heterocycles. The first-order valence-electron chi connectivity index (χ1n) is 9.17. The molecule has 2 aromatic heterocycles. The molecule has 1 aromatic carbocycles. The number of benzene rings is 1. The third-order valence-electron chi connectivity index (χ3n) is 5.02. The van der Waals surface area contributed by atoms with Crippen LogP contribution in [-0.2, 0) is 0 Å². The van der Waals surface area contributed by atoms with Gasteiger partial charge >= 0.3 is 0 Å². The molecule has 3 heterocycles. The van der Waals surface area contributed by atoms with Gasteiger partial charge in [0.15, 0.2) is 0 Å². The SMILES string of the molecule is Cc1ccc(F)c(C(=O)Nc2c[nH]c3ncc(Br)c(N4CCCC(N)C4)c23)c1.Cl. The molecule has 0 aliphatic carbocycles. The van der Waals surface area contributed by atoms with Crippen LogP contribution in [0.3, 0.4) is 0 Å². The number of carbonyl (C=O) groups is 1. The van der Waals surface area contributed by atoms with Crippen LogP contribution in [0.4, 0.5) is 15.8 Å². The van der Waals surface area contributed by atoms with E-state index in [0.717, 1.165) is 47.0 Å². The van der Waals surface area contributed by atoms with E-state index in [1.54, 1.807) is 18.5 Å². The molecule has 1 aliphatic rings. The van der Waals surface area contributed by atoms with E-state index in [2.05, 4.69) is 36.1 Å². The quantitative estimate of drug-likeness (QED) is 0.517. The van der Waals surface area contributed by atoms with E-state index in [9.17, 15) is 9.18 Å². The Hall–Kier alpha value is -2.16. The fourth-order valence-corrected chi connectivity index (χ4v) is 4.23. The highest BCUT2D eigenvalue weighted by atomic mass is 79.9. The number of rotatable bonds is 3. The van der Waals surface area contributed by atoms with Crippen LogP contribution in [-0.4, -0.2) is 35.0 Å². The van der Waals surface area contributed by atoms with Crippen LogP contribution >= 0.6 is 28.3 Å². The number of nitrogens with zero attached hydrogens (tertiary/aromatic N) is 2. The van der Waals surface area contributed by atoms with E-state index >= 15 is 0 Å². The summed E-state index contributed by atoms with van der Waals surface area (Å²) in [5.41, 5.74) is 9.14. The summed E-state index contributed by atoms with van der Waals surface area (Å²) in [5.74, 6) is -1.05. The van der Waals surface area contributed by atoms with Gasteiger partial charge in [-0.25, -0.2) is 9.37 Å².